The summed E-state index contributed by atoms with van der Waals surface area (Å²) in [5, 5.41) is 1.79. The first-order valence-corrected chi connectivity index (χ1v) is 8.33. The van der Waals surface area contributed by atoms with Crippen molar-refractivity contribution in [3.05, 3.63) is 75.7 Å². The third-order valence-electron chi connectivity index (χ3n) is 3.58. The molecule has 1 fully saturated rings. The van der Waals surface area contributed by atoms with E-state index in [9.17, 15) is 22.8 Å². The summed E-state index contributed by atoms with van der Waals surface area (Å²) in [6.45, 7) is 0. The highest BCUT2D eigenvalue weighted by atomic mass is 32.2. The van der Waals surface area contributed by atoms with Crippen LogP contribution in [0.1, 0.15) is 22.3 Å². The van der Waals surface area contributed by atoms with Crippen LogP contribution in [0.5, 0.6) is 0 Å². The second kappa shape index (κ2) is 7.21. The summed E-state index contributed by atoms with van der Waals surface area (Å²) in [6, 6.07) is 12.1. The summed E-state index contributed by atoms with van der Waals surface area (Å²) in [5.74, 6) is -0.411. The molecule has 132 valence electrons. The maximum absolute atomic E-state index is 12.5. The number of amides is 2. The molecule has 2 aromatic carbocycles. The standard InChI is InChI=1S/C19H12F3NO2S/c20-19(21,22)15-9-7-13(8-10-15)2-1-12-3-5-14(6-4-12)11-16-17(24)23-18(25)26-16/h1-11H,(H,23,24,25)/b2-1+,16-11-. The van der Waals surface area contributed by atoms with Crippen LogP contribution in [0.3, 0.4) is 0 Å². The van der Waals surface area contributed by atoms with Gasteiger partial charge in [-0.15, -0.1) is 0 Å². The second-order valence-corrected chi connectivity index (χ2v) is 6.49. The van der Waals surface area contributed by atoms with Gasteiger partial charge < -0.3 is 0 Å². The van der Waals surface area contributed by atoms with Crippen LogP contribution in [0.2, 0.25) is 0 Å². The molecule has 26 heavy (non-hydrogen) atoms. The number of hydrogen-bond donors (Lipinski definition) is 1. The molecule has 0 aliphatic carbocycles. The van der Waals surface area contributed by atoms with Crippen LogP contribution in [-0.4, -0.2) is 11.1 Å². The number of carbonyl (C=O) groups excluding carboxylic acids is 2. The average Bonchev–Trinajstić information content (AvgIpc) is 2.91. The van der Waals surface area contributed by atoms with Gasteiger partial charge in [-0.3, -0.25) is 14.9 Å². The number of halogens is 3. The molecule has 1 aliphatic heterocycles. The maximum atomic E-state index is 12.5. The molecule has 1 heterocycles. The van der Waals surface area contributed by atoms with Crippen molar-refractivity contribution in [1.29, 1.82) is 0 Å². The van der Waals surface area contributed by atoms with E-state index in [1.807, 2.05) is 12.1 Å². The first-order chi connectivity index (χ1) is 12.3. The Balaban J connectivity index is 1.69. The maximum Gasteiger partial charge on any atom is 0.416 e. The fourth-order valence-electron chi connectivity index (χ4n) is 2.25. The van der Waals surface area contributed by atoms with Crippen molar-refractivity contribution in [2.75, 3.05) is 0 Å². The molecule has 7 heteroatoms. The van der Waals surface area contributed by atoms with Crippen molar-refractivity contribution in [3.8, 4) is 0 Å². The Morgan fingerprint density at radius 1 is 0.808 bits per heavy atom. The number of hydrogen-bond acceptors (Lipinski definition) is 3. The van der Waals surface area contributed by atoms with Gasteiger partial charge in [0.2, 0.25) is 0 Å². The van der Waals surface area contributed by atoms with Crippen molar-refractivity contribution in [2.45, 2.75) is 6.18 Å². The molecule has 1 N–H and O–H groups in total. The van der Waals surface area contributed by atoms with E-state index in [2.05, 4.69) is 5.32 Å². The molecular formula is C19H12F3NO2S. The van der Waals surface area contributed by atoms with Gasteiger partial charge in [0, 0.05) is 0 Å². The molecule has 0 unspecified atom stereocenters. The minimum atomic E-state index is -4.34. The van der Waals surface area contributed by atoms with Crippen molar-refractivity contribution in [3.63, 3.8) is 0 Å². The number of rotatable bonds is 3. The summed E-state index contributed by atoms with van der Waals surface area (Å²) < 4.78 is 37.6. The number of alkyl halides is 3. The Morgan fingerprint density at radius 2 is 1.31 bits per heavy atom. The number of nitrogens with one attached hydrogen (secondary N) is 1. The third-order valence-corrected chi connectivity index (χ3v) is 4.39. The highest BCUT2D eigenvalue weighted by molar-refractivity contribution is 8.18. The van der Waals surface area contributed by atoms with E-state index in [4.69, 9.17) is 0 Å². The van der Waals surface area contributed by atoms with E-state index in [1.165, 1.54) is 12.1 Å². The summed E-state index contributed by atoms with van der Waals surface area (Å²) in [5.41, 5.74) is 1.59. The second-order valence-electron chi connectivity index (χ2n) is 5.47. The molecule has 0 aromatic heterocycles. The van der Waals surface area contributed by atoms with E-state index < -0.39 is 22.9 Å². The Morgan fingerprint density at radius 3 is 1.77 bits per heavy atom. The average molecular weight is 375 g/mol. The minimum absolute atomic E-state index is 0.336. The normalized spacial score (nSPS) is 16.5. The molecule has 0 bridgehead atoms. The van der Waals surface area contributed by atoms with Gasteiger partial charge in [0.1, 0.15) is 0 Å². The van der Waals surface area contributed by atoms with E-state index in [0.29, 0.717) is 10.5 Å². The van der Waals surface area contributed by atoms with E-state index in [0.717, 1.165) is 35.0 Å². The van der Waals surface area contributed by atoms with E-state index in [-0.39, 0.29) is 0 Å². The summed E-state index contributed by atoms with van der Waals surface area (Å²) in [7, 11) is 0. The van der Waals surface area contributed by atoms with Gasteiger partial charge in [-0.25, -0.2) is 0 Å². The number of thioether (sulfide) groups is 1. The van der Waals surface area contributed by atoms with Gasteiger partial charge in [-0.1, -0.05) is 48.6 Å². The highest BCUT2D eigenvalue weighted by Crippen LogP contribution is 2.29. The zero-order valence-electron chi connectivity index (χ0n) is 13.2. The quantitative estimate of drug-likeness (QED) is 0.592. The predicted octanol–water partition coefficient (Wildman–Crippen LogP) is 5.20. The summed E-state index contributed by atoms with van der Waals surface area (Å²) >= 11 is 0.851. The van der Waals surface area contributed by atoms with Crippen molar-refractivity contribution in [1.82, 2.24) is 5.32 Å². The number of imide groups is 1. The third kappa shape index (κ3) is 4.43. The first kappa shape index (κ1) is 18.0. The molecule has 0 atom stereocenters. The van der Waals surface area contributed by atoms with Gasteiger partial charge in [0.25, 0.3) is 11.1 Å². The lowest BCUT2D eigenvalue weighted by atomic mass is 10.1. The van der Waals surface area contributed by atoms with Crippen LogP contribution < -0.4 is 5.32 Å². The SMILES string of the molecule is O=C1NC(=O)/C(=C/c2ccc(/C=C/c3ccc(C(F)(F)F)cc3)cc2)S1. The van der Waals surface area contributed by atoms with Crippen LogP contribution in [0, 0.1) is 0 Å². The highest BCUT2D eigenvalue weighted by Gasteiger charge is 2.29. The fourth-order valence-corrected chi connectivity index (χ4v) is 2.93. The molecule has 3 nitrogen and oxygen atoms in total. The van der Waals surface area contributed by atoms with Crippen LogP contribution >= 0.6 is 11.8 Å². The first-order valence-electron chi connectivity index (χ1n) is 7.51. The lowest BCUT2D eigenvalue weighted by Crippen LogP contribution is -2.17. The van der Waals surface area contributed by atoms with Gasteiger partial charge in [0.15, 0.2) is 0 Å². The Kier molecular flexibility index (Phi) is 4.99. The zero-order chi connectivity index (χ0) is 18.7. The van der Waals surface area contributed by atoms with Gasteiger partial charge in [-0.05, 0) is 46.7 Å². The molecule has 1 aliphatic rings. The van der Waals surface area contributed by atoms with Gasteiger partial charge in [0.05, 0.1) is 10.5 Å². The molecule has 2 aromatic rings. The Hall–Kier alpha value is -2.80. The molecule has 1 saturated heterocycles. The Bertz CT molecular complexity index is 898. The summed E-state index contributed by atoms with van der Waals surface area (Å²) in [4.78, 5) is 23.0. The zero-order valence-corrected chi connectivity index (χ0v) is 14.0. The van der Waals surface area contributed by atoms with Crippen LogP contribution in [0.25, 0.3) is 18.2 Å². The largest absolute Gasteiger partial charge is 0.416 e. The van der Waals surface area contributed by atoms with Crippen molar-refractivity contribution >= 4 is 41.1 Å². The Labute approximate surface area is 151 Å². The van der Waals surface area contributed by atoms with E-state index in [1.54, 1.807) is 30.4 Å². The van der Waals surface area contributed by atoms with E-state index >= 15 is 0 Å². The molecule has 0 saturated carbocycles. The lowest BCUT2D eigenvalue weighted by molar-refractivity contribution is -0.137. The molecule has 0 radical (unpaired) electrons. The van der Waals surface area contributed by atoms with Gasteiger partial charge >= 0.3 is 6.18 Å². The number of benzene rings is 2. The molecule has 0 spiro atoms. The van der Waals surface area contributed by atoms with Crippen molar-refractivity contribution in [2.24, 2.45) is 0 Å². The van der Waals surface area contributed by atoms with Crippen molar-refractivity contribution < 1.29 is 22.8 Å². The minimum Gasteiger partial charge on any atom is -0.282 e. The number of carbonyl (C=O) groups is 2. The van der Waals surface area contributed by atoms with Crippen LogP contribution in [-0.2, 0) is 11.0 Å². The lowest BCUT2D eigenvalue weighted by Gasteiger charge is -2.05. The van der Waals surface area contributed by atoms with Gasteiger partial charge in [-0.2, -0.15) is 13.2 Å². The fraction of sp³-hybridized carbons (Fsp3) is 0.0526. The topological polar surface area (TPSA) is 46.2 Å². The predicted molar refractivity (Wildman–Crippen MR) is 95.9 cm³/mol. The molecular weight excluding hydrogens is 363 g/mol. The van der Waals surface area contributed by atoms with Crippen LogP contribution in [0.4, 0.5) is 18.0 Å². The summed E-state index contributed by atoms with van der Waals surface area (Å²) in [6.07, 6.45) is 0.770. The smallest absolute Gasteiger partial charge is 0.282 e. The van der Waals surface area contributed by atoms with Crippen LogP contribution in [0.15, 0.2) is 53.4 Å². The molecule has 3 rings (SSSR count). The molecule has 2 amide bonds. The monoisotopic (exact) mass is 375 g/mol.